The molecule has 0 aliphatic carbocycles. The van der Waals surface area contributed by atoms with Crippen LogP contribution in [-0.2, 0) is 0 Å². The van der Waals surface area contributed by atoms with Crippen LogP contribution in [-0.4, -0.2) is 24.5 Å². The lowest BCUT2D eigenvalue weighted by molar-refractivity contribution is 0.197. The summed E-state index contributed by atoms with van der Waals surface area (Å²) in [7, 11) is 0. The first-order valence-corrected chi connectivity index (χ1v) is 7.97. The van der Waals surface area contributed by atoms with Crippen molar-refractivity contribution in [3.63, 3.8) is 0 Å². The van der Waals surface area contributed by atoms with Gasteiger partial charge in [-0.25, -0.2) is 0 Å². The lowest BCUT2D eigenvalue weighted by Gasteiger charge is -2.30. The van der Waals surface area contributed by atoms with E-state index >= 15 is 0 Å². The van der Waals surface area contributed by atoms with Crippen LogP contribution in [0.2, 0.25) is 10.0 Å². The van der Waals surface area contributed by atoms with Gasteiger partial charge in [0.1, 0.15) is 0 Å². The molecule has 1 aliphatic heterocycles. The predicted molar refractivity (Wildman–Crippen MR) is 87.4 cm³/mol. The Bertz CT molecular complexity index is 468. The summed E-state index contributed by atoms with van der Waals surface area (Å²) in [4.78, 5) is 2.48. The average molecular weight is 315 g/mol. The molecule has 2 rings (SSSR count). The lowest BCUT2D eigenvalue weighted by Crippen LogP contribution is -2.33. The number of hydrogen-bond acceptors (Lipinski definition) is 2. The van der Waals surface area contributed by atoms with Crippen molar-refractivity contribution in [2.45, 2.75) is 33.2 Å². The topological polar surface area (TPSA) is 29.3 Å². The minimum absolute atomic E-state index is 0.233. The summed E-state index contributed by atoms with van der Waals surface area (Å²) in [5, 5.41) is 1.20. The molecule has 1 aliphatic rings. The fraction of sp³-hybridized carbons (Fsp3) is 0.625. The Hall–Kier alpha value is -0.280. The molecule has 2 unspecified atom stereocenters. The molecule has 2 nitrogen and oxygen atoms in total. The van der Waals surface area contributed by atoms with Gasteiger partial charge in [0.05, 0.1) is 10.0 Å². The SMILES string of the molecule is CC(C)(C)C1CCN(C(CN)c2ccc(Cl)c(Cl)c2)C1. The molecule has 0 radical (unpaired) electrons. The van der Waals surface area contributed by atoms with E-state index in [4.69, 9.17) is 28.9 Å². The van der Waals surface area contributed by atoms with Gasteiger partial charge in [-0.15, -0.1) is 0 Å². The third-order valence-electron chi connectivity index (χ3n) is 4.44. The molecular weight excluding hydrogens is 291 g/mol. The second kappa shape index (κ2) is 6.23. The van der Waals surface area contributed by atoms with E-state index in [-0.39, 0.29) is 6.04 Å². The summed E-state index contributed by atoms with van der Waals surface area (Å²) in [6.45, 7) is 9.76. The molecule has 0 spiro atoms. The van der Waals surface area contributed by atoms with Gasteiger partial charge < -0.3 is 5.73 Å². The first-order chi connectivity index (χ1) is 9.32. The summed E-state index contributed by atoms with van der Waals surface area (Å²) >= 11 is 12.1. The molecule has 2 N–H and O–H groups in total. The van der Waals surface area contributed by atoms with Crippen molar-refractivity contribution >= 4 is 23.2 Å². The second-order valence-corrected chi connectivity index (χ2v) is 7.59. The van der Waals surface area contributed by atoms with Crippen LogP contribution in [0.4, 0.5) is 0 Å². The Morgan fingerprint density at radius 1 is 1.30 bits per heavy atom. The van der Waals surface area contributed by atoms with E-state index < -0.39 is 0 Å². The summed E-state index contributed by atoms with van der Waals surface area (Å²) < 4.78 is 0. The third kappa shape index (κ3) is 3.48. The molecule has 0 aromatic heterocycles. The van der Waals surface area contributed by atoms with Gasteiger partial charge in [-0.05, 0) is 42.0 Å². The maximum absolute atomic E-state index is 6.13. The van der Waals surface area contributed by atoms with Gasteiger partial charge in [0.2, 0.25) is 0 Å². The zero-order valence-electron chi connectivity index (χ0n) is 12.5. The molecule has 0 bridgehead atoms. The summed E-state index contributed by atoms with van der Waals surface area (Å²) in [6, 6.07) is 6.08. The van der Waals surface area contributed by atoms with Gasteiger partial charge in [-0.1, -0.05) is 50.0 Å². The van der Waals surface area contributed by atoms with Crippen LogP contribution >= 0.6 is 23.2 Å². The van der Waals surface area contributed by atoms with E-state index in [0.29, 0.717) is 22.0 Å². The van der Waals surface area contributed by atoms with Gasteiger partial charge in [0.15, 0.2) is 0 Å². The Labute approximate surface area is 132 Å². The lowest BCUT2D eigenvalue weighted by atomic mass is 9.80. The van der Waals surface area contributed by atoms with Crippen LogP contribution in [0.1, 0.15) is 38.8 Å². The highest BCUT2D eigenvalue weighted by atomic mass is 35.5. The average Bonchev–Trinajstić information content (AvgIpc) is 2.84. The van der Waals surface area contributed by atoms with E-state index in [1.807, 2.05) is 18.2 Å². The van der Waals surface area contributed by atoms with Crippen LogP contribution in [0.5, 0.6) is 0 Å². The molecule has 20 heavy (non-hydrogen) atoms. The van der Waals surface area contributed by atoms with Crippen molar-refractivity contribution in [3.05, 3.63) is 33.8 Å². The molecule has 2 atom stereocenters. The van der Waals surface area contributed by atoms with Crippen LogP contribution in [0.25, 0.3) is 0 Å². The van der Waals surface area contributed by atoms with E-state index in [0.717, 1.165) is 24.6 Å². The highest BCUT2D eigenvalue weighted by Crippen LogP contribution is 2.37. The van der Waals surface area contributed by atoms with Crippen molar-refractivity contribution in [1.29, 1.82) is 0 Å². The van der Waals surface area contributed by atoms with Gasteiger partial charge in [0, 0.05) is 19.1 Å². The van der Waals surface area contributed by atoms with Crippen LogP contribution in [0, 0.1) is 11.3 Å². The first-order valence-electron chi connectivity index (χ1n) is 7.22. The highest BCUT2D eigenvalue weighted by molar-refractivity contribution is 6.42. The highest BCUT2D eigenvalue weighted by Gasteiger charge is 2.34. The zero-order chi connectivity index (χ0) is 14.9. The monoisotopic (exact) mass is 314 g/mol. The number of nitrogens with zero attached hydrogens (tertiary/aromatic N) is 1. The van der Waals surface area contributed by atoms with Gasteiger partial charge >= 0.3 is 0 Å². The molecule has 0 saturated carbocycles. The molecule has 1 fully saturated rings. The van der Waals surface area contributed by atoms with E-state index in [9.17, 15) is 0 Å². The summed E-state index contributed by atoms with van der Waals surface area (Å²) in [5.41, 5.74) is 7.53. The van der Waals surface area contributed by atoms with Crippen molar-refractivity contribution < 1.29 is 0 Å². The third-order valence-corrected chi connectivity index (χ3v) is 5.18. The standard InChI is InChI=1S/C16H24Cl2N2/c1-16(2,3)12-6-7-20(10-12)15(9-19)11-4-5-13(17)14(18)8-11/h4-5,8,12,15H,6-7,9-10,19H2,1-3H3. The van der Waals surface area contributed by atoms with Gasteiger partial charge in [-0.3, -0.25) is 4.90 Å². The summed E-state index contributed by atoms with van der Waals surface area (Å²) in [5.74, 6) is 0.722. The maximum atomic E-state index is 6.13. The van der Waals surface area contributed by atoms with Crippen LogP contribution in [0.15, 0.2) is 18.2 Å². The largest absolute Gasteiger partial charge is 0.329 e. The van der Waals surface area contributed by atoms with E-state index in [1.54, 1.807) is 0 Å². The summed E-state index contributed by atoms with van der Waals surface area (Å²) in [6.07, 6.45) is 1.24. The number of hydrogen-bond donors (Lipinski definition) is 1. The fourth-order valence-corrected chi connectivity index (χ4v) is 3.30. The molecule has 112 valence electrons. The first kappa shape index (κ1) is 16.1. The Morgan fingerprint density at radius 3 is 2.50 bits per heavy atom. The van der Waals surface area contributed by atoms with Crippen molar-refractivity contribution in [3.8, 4) is 0 Å². The molecule has 0 amide bonds. The Balaban J connectivity index is 2.15. The number of halogens is 2. The van der Waals surface area contributed by atoms with E-state index in [1.165, 1.54) is 6.42 Å². The Morgan fingerprint density at radius 2 is 2.00 bits per heavy atom. The number of nitrogens with two attached hydrogens (primary N) is 1. The molecule has 1 aromatic rings. The molecule has 4 heteroatoms. The van der Waals surface area contributed by atoms with Gasteiger partial charge in [0.25, 0.3) is 0 Å². The normalized spacial score (nSPS) is 22.2. The molecule has 1 heterocycles. The molecule has 1 aromatic carbocycles. The number of benzene rings is 1. The van der Waals surface area contributed by atoms with Gasteiger partial charge in [-0.2, -0.15) is 0 Å². The van der Waals surface area contributed by atoms with E-state index in [2.05, 4.69) is 25.7 Å². The minimum atomic E-state index is 0.233. The van der Waals surface area contributed by atoms with Crippen LogP contribution in [0.3, 0.4) is 0 Å². The molecule has 1 saturated heterocycles. The fourth-order valence-electron chi connectivity index (χ4n) is 2.99. The second-order valence-electron chi connectivity index (χ2n) is 6.77. The zero-order valence-corrected chi connectivity index (χ0v) is 14.0. The Kier molecular flexibility index (Phi) is 5.01. The van der Waals surface area contributed by atoms with Crippen molar-refractivity contribution in [1.82, 2.24) is 4.90 Å². The van der Waals surface area contributed by atoms with Crippen molar-refractivity contribution in [2.75, 3.05) is 19.6 Å². The van der Waals surface area contributed by atoms with Crippen LogP contribution < -0.4 is 5.73 Å². The number of likely N-dealkylation sites (tertiary alicyclic amines) is 1. The molecular formula is C16H24Cl2N2. The predicted octanol–water partition coefficient (Wildman–Crippen LogP) is 4.36. The smallest absolute Gasteiger partial charge is 0.0595 e. The van der Waals surface area contributed by atoms with Crippen molar-refractivity contribution in [2.24, 2.45) is 17.1 Å². The minimum Gasteiger partial charge on any atom is -0.329 e. The number of rotatable bonds is 3. The quantitative estimate of drug-likeness (QED) is 0.898. The maximum Gasteiger partial charge on any atom is 0.0595 e.